The highest BCUT2D eigenvalue weighted by Crippen LogP contribution is 2.39. The number of ether oxygens (including phenoxy) is 1. The zero-order valence-electron chi connectivity index (χ0n) is 22.0. The van der Waals surface area contributed by atoms with E-state index in [-0.39, 0.29) is 24.6 Å². The number of hydrogen-bond donors (Lipinski definition) is 2. The van der Waals surface area contributed by atoms with Crippen LogP contribution in [0.1, 0.15) is 40.7 Å². The molecule has 5 heterocycles. The summed E-state index contributed by atoms with van der Waals surface area (Å²) in [5.74, 6) is 0.0280. The first-order chi connectivity index (χ1) is 18.8. The van der Waals surface area contributed by atoms with Crippen molar-refractivity contribution in [2.24, 2.45) is 0 Å². The van der Waals surface area contributed by atoms with Gasteiger partial charge in [-0.1, -0.05) is 13.0 Å². The molecule has 2 fully saturated rings. The molecule has 1 aromatic carbocycles. The second kappa shape index (κ2) is 9.49. The molecule has 0 saturated carbocycles. The Morgan fingerprint density at radius 3 is 2.62 bits per heavy atom. The normalized spacial score (nSPS) is 21.5. The first-order valence-electron chi connectivity index (χ1n) is 13.1. The molecule has 0 radical (unpaired) electrons. The van der Waals surface area contributed by atoms with Crippen LogP contribution in [0.4, 0.5) is 0 Å². The Morgan fingerprint density at radius 1 is 1.13 bits per heavy atom. The number of methoxy groups -OCH3 is 1. The van der Waals surface area contributed by atoms with Crippen LogP contribution in [0.25, 0.3) is 11.1 Å². The predicted octanol–water partition coefficient (Wildman–Crippen LogP) is 1.74. The molecule has 202 valence electrons. The third kappa shape index (κ3) is 4.22. The number of nitrogens with zero attached hydrogens (tertiary/aromatic N) is 4. The molecular formula is C28H30N6O5. The van der Waals surface area contributed by atoms with Gasteiger partial charge in [-0.3, -0.25) is 25.1 Å². The Morgan fingerprint density at radius 2 is 1.92 bits per heavy atom. The Kier molecular flexibility index (Phi) is 6.10. The number of amides is 3. The van der Waals surface area contributed by atoms with E-state index in [0.29, 0.717) is 40.5 Å². The second-order valence-corrected chi connectivity index (χ2v) is 10.3. The number of nitrogens with one attached hydrogen (secondary N) is 2. The van der Waals surface area contributed by atoms with Crippen molar-refractivity contribution in [3.63, 3.8) is 0 Å². The lowest BCUT2D eigenvalue weighted by atomic mass is 9.82. The number of imide groups is 1. The number of pyridine rings is 1. The molecule has 6 rings (SSSR count). The van der Waals surface area contributed by atoms with Crippen LogP contribution < -0.4 is 10.1 Å². The van der Waals surface area contributed by atoms with Crippen molar-refractivity contribution < 1.29 is 23.5 Å². The van der Waals surface area contributed by atoms with Gasteiger partial charge in [0, 0.05) is 50.9 Å². The first kappa shape index (κ1) is 25.1. The average molecular weight is 531 g/mol. The number of carbonyl (C=O) groups is 3. The molecule has 0 unspecified atom stereocenters. The second-order valence-electron chi connectivity index (χ2n) is 10.3. The van der Waals surface area contributed by atoms with Crippen LogP contribution in [0, 0.1) is 5.41 Å². The van der Waals surface area contributed by atoms with Gasteiger partial charge in [-0.05, 0) is 36.4 Å². The van der Waals surface area contributed by atoms with E-state index in [4.69, 9.17) is 14.6 Å². The third-order valence-electron chi connectivity index (χ3n) is 8.03. The summed E-state index contributed by atoms with van der Waals surface area (Å²) in [5, 5.41) is 11.1. The lowest BCUT2D eigenvalue weighted by Gasteiger charge is -2.35. The number of likely N-dealkylation sites (N-methyl/N-ethyl adjacent to an activating group) is 1. The van der Waals surface area contributed by atoms with Crippen molar-refractivity contribution in [3.8, 4) is 5.75 Å². The number of piperazine rings is 1. The molecule has 2 aromatic heterocycles. The highest BCUT2D eigenvalue weighted by atomic mass is 16.5. The Labute approximate surface area is 225 Å². The molecule has 3 amide bonds. The summed E-state index contributed by atoms with van der Waals surface area (Å²) < 4.78 is 11.4. The number of carbonyl (C=O) groups excluding carboxylic acids is 3. The molecule has 2 saturated heterocycles. The van der Waals surface area contributed by atoms with Crippen LogP contribution in [-0.4, -0.2) is 89.6 Å². The minimum Gasteiger partial charge on any atom is -0.497 e. The molecule has 39 heavy (non-hydrogen) atoms. The molecular weight excluding hydrogens is 500 g/mol. The van der Waals surface area contributed by atoms with Crippen LogP contribution >= 0.6 is 0 Å². The fraction of sp³-hybridized carbons (Fsp3) is 0.393. The van der Waals surface area contributed by atoms with Gasteiger partial charge in [-0.15, -0.1) is 0 Å². The SMILES string of the molecule is CCN1CCN(C(=N)c2ccc3oc([C@]4(CN5Cc6ccc(OC)cc6C5=O)CC(=O)NC4=O)cc3n2)CC1. The fourth-order valence-corrected chi connectivity index (χ4v) is 5.71. The van der Waals surface area contributed by atoms with Crippen molar-refractivity contribution in [3.05, 3.63) is 59.0 Å². The van der Waals surface area contributed by atoms with Crippen molar-refractivity contribution in [2.75, 3.05) is 46.4 Å². The number of amidine groups is 1. The fourth-order valence-electron chi connectivity index (χ4n) is 5.71. The van der Waals surface area contributed by atoms with Gasteiger partial charge in [-0.25, -0.2) is 4.98 Å². The smallest absolute Gasteiger partial charge is 0.254 e. The van der Waals surface area contributed by atoms with E-state index in [1.54, 1.807) is 35.2 Å². The molecule has 0 spiro atoms. The number of hydrogen-bond acceptors (Lipinski definition) is 8. The van der Waals surface area contributed by atoms with Crippen molar-refractivity contribution in [2.45, 2.75) is 25.3 Å². The minimum atomic E-state index is -1.39. The van der Waals surface area contributed by atoms with Gasteiger partial charge in [-0.2, -0.15) is 0 Å². The molecule has 3 aliphatic heterocycles. The van der Waals surface area contributed by atoms with Gasteiger partial charge in [0.1, 0.15) is 34.0 Å². The Bertz CT molecular complexity index is 1510. The van der Waals surface area contributed by atoms with Crippen molar-refractivity contribution in [1.29, 1.82) is 5.41 Å². The molecule has 3 aliphatic rings. The molecule has 1 atom stereocenters. The first-order valence-corrected chi connectivity index (χ1v) is 13.1. The van der Waals surface area contributed by atoms with Crippen LogP contribution in [0.2, 0.25) is 0 Å². The number of furan rings is 1. The monoisotopic (exact) mass is 530 g/mol. The van der Waals surface area contributed by atoms with E-state index in [0.717, 1.165) is 38.3 Å². The van der Waals surface area contributed by atoms with E-state index >= 15 is 0 Å². The average Bonchev–Trinajstić information content (AvgIpc) is 3.61. The van der Waals surface area contributed by atoms with E-state index in [1.807, 2.05) is 11.0 Å². The Balaban J connectivity index is 1.30. The van der Waals surface area contributed by atoms with Gasteiger partial charge in [0.2, 0.25) is 11.8 Å². The van der Waals surface area contributed by atoms with E-state index in [1.165, 1.54) is 7.11 Å². The topological polar surface area (TPSA) is 132 Å². The van der Waals surface area contributed by atoms with Gasteiger partial charge in [0.25, 0.3) is 5.91 Å². The summed E-state index contributed by atoms with van der Waals surface area (Å²) in [4.78, 5) is 49.6. The number of aromatic nitrogens is 1. The molecule has 11 heteroatoms. The number of rotatable bonds is 6. The van der Waals surface area contributed by atoms with Gasteiger partial charge < -0.3 is 23.9 Å². The molecule has 0 bridgehead atoms. The highest BCUT2D eigenvalue weighted by Gasteiger charge is 2.53. The minimum absolute atomic E-state index is 0.0232. The van der Waals surface area contributed by atoms with E-state index < -0.39 is 17.2 Å². The summed E-state index contributed by atoms with van der Waals surface area (Å²) in [6.07, 6.45) is -0.139. The summed E-state index contributed by atoms with van der Waals surface area (Å²) >= 11 is 0. The zero-order valence-corrected chi connectivity index (χ0v) is 22.0. The molecule has 0 aliphatic carbocycles. The molecule has 3 aromatic rings. The lowest BCUT2D eigenvalue weighted by Crippen LogP contribution is -2.48. The predicted molar refractivity (Wildman–Crippen MR) is 142 cm³/mol. The molecule has 11 nitrogen and oxygen atoms in total. The summed E-state index contributed by atoms with van der Waals surface area (Å²) in [6.45, 7) is 6.72. The largest absolute Gasteiger partial charge is 0.497 e. The molecule has 2 N–H and O–H groups in total. The standard InChI is InChI=1S/C28H30N6O5/c1-3-32-8-10-33(11-9-32)25(29)20-6-7-22-21(30-20)13-23(39-22)28(14-24(35)31-27(28)37)16-34-15-17-4-5-18(38-2)12-19(17)26(34)36/h4-7,12-13,29H,3,8-11,14-16H2,1-2H3,(H,31,35,37)/t28-/m1/s1. The van der Waals surface area contributed by atoms with Crippen molar-refractivity contribution >= 4 is 34.7 Å². The third-order valence-corrected chi connectivity index (χ3v) is 8.03. The zero-order chi connectivity index (χ0) is 27.3. The van der Waals surface area contributed by atoms with Gasteiger partial charge >= 0.3 is 0 Å². The number of benzene rings is 1. The maximum Gasteiger partial charge on any atom is 0.254 e. The summed E-state index contributed by atoms with van der Waals surface area (Å²) in [7, 11) is 1.54. The van der Waals surface area contributed by atoms with Crippen molar-refractivity contribution in [1.82, 2.24) is 25.0 Å². The van der Waals surface area contributed by atoms with E-state index in [9.17, 15) is 14.4 Å². The maximum absolute atomic E-state index is 13.3. The van der Waals surface area contributed by atoms with E-state index in [2.05, 4.69) is 22.1 Å². The summed E-state index contributed by atoms with van der Waals surface area (Å²) in [6, 6.07) is 10.5. The Hall–Kier alpha value is -4.25. The van der Waals surface area contributed by atoms with Crippen LogP contribution in [-0.2, 0) is 21.5 Å². The summed E-state index contributed by atoms with van der Waals surface area (Å²) in [5.41, 5.74) is 1.42. The maximum atomic E-state index is 13.3. The van der Waals surface area contributed by atoms with Crippen LogP contribution in [0.5, 0.6) is 5.75 Å². The lowest BCUT2D eigenvalue weighted by molar-refractivity contribution is -0.127. The number of fused-ring (bicyclic) bond motifs is 2. The highest BCUT2D eigenvalue weighted by molar-refractivity contribution is 6.10. The van der Waals surface area contributed by atoms with Crippen LogP contribution in [0.3, 0.4) is 0 Å². The van der Waals surface area contributed by atoms with Gasteiger partial charge in [0.15, 0.2) is 5.58 Å². The quantitative estimate of drug-likeness (QED) is 0.280. The van der Waals surface area contributed by atoms with Gasteiger partial charge in [0.05, 0.1) is 13.5 Å². The van der Waals surface area contributed by atoms with Crippen LogP contribution in [0.15, 0.2) is 40.8 Å².